The molecular formula is C17H21NO2. The summed E-state index contributed by atoms with van der Waals surface area (Å²) in [6.45, 7) is 4.28. The number of rotatable bonds is 5. The van der Waals surface area contributed by atoms with Crippen LogP contribution in [0.25, 0.3) is 0 Å². The van der Waals surface area contributed by atoms with Crippen LogP contribution in [0.3, 0.4) is 0 Å². The molecule has 0 amide bonds. The van der Waals surface area contributed by atoms with E-state index in [-0.39, 0.29) is 5.54 Å². The Hall–Kier alpha value is -2.16. The van der Waals surface area contributed by atoms with Crippen molar-refractivity contribution < 1.29 is 9.47 Å². The zero-order valence-electron chi connectivity index (χ0n) is 12.4. The quantitative estimate of drug-likeness (QED) is 0.890. The maximum Gasteiger partial charge on any atom is 0.161 e. The van der Waals surface area contributed by atoms with Crippen molar-refractivity contribution in [3.8, 4) is 11.5 Å². The van der Waals surface area contributed by atoms with E-state index in [4.69, 9.17) is 9.47 Å². The highest BCUT2D eigenvalue weighted by Crippen LogP contribution is 2.33. The molecule has 0 unspecified atom stereocenters. The monoisotopic (exact) mass is 271 g/mol. The molecule has 0 saturated carbocycles. The predicted molar refractivity (Wildman–Crippen MR) is 82.6 cm³/mol. The second kappa shape index (κ2) is 5.87. The second-order valence-electron chi connectivity index (χ2n) is 5.19. The van der Waals surface area contributed by atoms with Gasteiger partial charge >= 0.3 is 0 Å². The number of para-hydroxylation sites is 1. The number of hydrogen-bond donors (Lipinski definition) is 1. The maximum atomic E-state index is 5.37. The summed E-state index contributed by atoms with van der Waals surface area (Å²) < 4.78 is 10.6. The second-order valence-corrected chi connectivity index (χ2v) is 5.19. The van der Waals surface area contributed by atoms with Crippen molar-refractivity contribution in [1.82, 2.24) is 0 Å². The molecule has 0 aromatic heterocycles. The van der Waals surface area contributed by atoms with Gasteiger partial charge in [0.05, 0.1) is 19.8 Å². The lowest BCUT2D eigenvalue weighted by Gasteiger charge is -2.29. The fourth-order valence-corrected chi connectivity index (χ4v) is 2.18. The minimum Gasteiger partial charge on any atom is -0.493 e. The molecule has 0 heterocycles. The highest BCUT2D eigenvalue weighted by atomic mass is 16.5. The van der Waals surface area contributed by atoms with Crippen LogP contribution in [-0.4, -0.2) is 14.2 Å². The van der Waals surface area contributed by atoms with Crippen molar-refractivity contribution in [2.24, 2.45) is 0 Å². The van der Waals surface area contributed by atoms with Gasteiger partial charge in [0, 0.05) is 5.69 Å². The number of ether oxygens (including phenoxy) is 2. The van der Waals surface area contributed by atoms with Crippen molar-refractivity contribution in [3.05, 3.63) is 54.1 Å². The first-order valence-electron chi connectivity index (χ1n) is 6.62. The van der Waals surface area contributed by atoms with Crippen molar-refractivity contribution in [2.45, 2.75) is 19.4 Å². The van der Waals surface area contributed by atoms with E-state index in [0.29, 0.717) is 0 Å². The van der Waals surface area contributed by atoms with Gasteiger partial charge in [-0.25, -0.2) is 0 Å². The molecule has 20 heavy (non-hydrogen) atoms. The molecule has 0 radical (unpaired) electrons. The molecule has 2 rings (SSSR count). The van der Waals surface area contributed by atoms with Gasteiger partial charge in [-0.05, 0) is 43.7 Å². The van der Waals surface area contributed by atoms with E-state index in [2.05, 4.69) is 37.4 Å². The Labute approximate surface area is 120 Å². The third-order valence-electron chi connectivity index (χ3n) is 3.34. The number of methoxy groups -OCH3 is 2. The summed E-state index contributed by atoms with van der Waals surface area (Å²) in [4.78, 5) is 0. The van der Waals surface area contributed by atoms with E-state index in [1.165, 1.54) is 0 Å². The number of benzene rings is 2. The summed E-state index contributed by atoms with van der Waals surface area (Å²) in [6, 6.07) is 16.2. The molecule has 0 aliphatic heterocycles. The molecule has 0 aliphatic rings. The van der Waals surface area contributed by atoms with E-state index >= 15 is 0 Å². The summed E-state index contributed by atoms with van der Waals surface area (Å²) in [5.41, 5.74) is 2.02. The van der Waals surface area contributed by atoms with Gasteiger partial charge in [-0.2, -0.15) is 0 Å². The Balaban J connectivity index is 2.29. The summed E-state index contributed by atoms with van der Waals surface area (Å²) in [5, 5.41) is 3.53. The van der Waals surface area contributed by atoms with Crippen molar-refractivity contribution in [1.29, 1.82) is 0 Å². The zero-order valence-corrected chi connectivity index (χ0v) is 12.4. The molecule has 2 aromatic rings. The van der Waals surface area contributed by atoms with E-state index in [1.807, 2.05) is 30.3 Å². The number of hydrogen-bond acceptors (Lipinski definition) is 3. The van der Waals surface area contributed by atoms with Crippen LogP contribution >= 0.6 is 0 Å². The predicted octanol–water partition coefficient (Wildman–Crippen LogP) is 4.05. The summed E-state index contributed by atoms with van der Waals surface area (Å²) in [5.74, 6) is 1.49. The standard InChI is InChI=1S/C17H21NO2/c1-17(2,18-14-8-6-5-7-9-14)13-10-11-15(19-3)16(12-13)20-4/h5-12,18H,1-4H3. The molecule has 0 atom stereocenters. The van der Waals surface area contributed by atoms with Crippen LogP contribution in [0.5, 0.6) is 11.5 Å². The van der Waals surface area contributed by atoms with Crippen LogP contribution in [0.15, 0.2) is 48.5 Å². The van der Waals surface area contributed by atoms with Crippen LogP contribution in [0.1, 0.15) is 19.4 Å². The van der Waals surface area contributed by atoms with Gasteiger partial charge in [0.25, 0.3) is 0 Å². The largest absolute Gasteiger partial charge is 0.493 e. The highest BCUT2D eigenvalue weighted by Gasteiger charge is 2.21. The highest BCUT2D eigenvalue weighted by molar-refractivity contribution is 5.50. The van der Waals surface area contributed by atoms with Crippen LogP contribution in [0.4, 0.5) is 5.69 Å². The van der Waals surface area contributed by atoms with Crippen LogP contribution in [0.2, 0.25) is 0 Å². The Kier molecular flexibility index (Phi) is 4.18. The van der Waals surface area contributed by atoms with Crippen molar-refractivity contribution in [2.75, 3.05) is 19.5 Å². The first kappa shape index (κ1) is 14.3. The van der Waals surface area contributed by atoms with Gasteiger partial charge in [0.15, 0.2) is 11.5 Å². The Morgan fingerprint density at radius 1 is 0.850 bits per heavy atom. The van der Waals surface area contributed by atoms with Crippen LogP contribution in [-0.2, 0) is 5.54 Å². The van der Waals surface area contributed by atoms with E-state index in [1.54, 1.807) is 14.2 Å². The topological polar surface area (TPSA) is 30.5 Å². The van der Waals surface area contributed by atoms with E-state index in [9.17, 15) is 0 Å². The van der Waals surface area contributed by atoms with Gasteiger partial charge in [-0.1, -0.05) is 24.3 Å². The fraction of sp³-hybridized carbons (Fsp3) is 0.294. The maximum absolute atomic E-state index is 5.37. The third kappa shape index (κ3) is 3.05. The molecule has 0 aliphatic carbocycles. The molecule has 106 valence electrons. The van der Waals surface area contributed by atoms with Crippen molar-refractivity contribution in [3.63, 3.8) is 0 Å². The third-order valence-corrected chi connectivity index (χ3v) is 3.34. The summed E-state index contributed by atoms with van der Waals surface area (Å²) >= 11 is 0. The average Bonchev–Trinajstić information content (AvgIpc) is 2.47. The summed E-state index contributed by atoms with van der Waals surface area (Å²) in [6.07, 6.45) is 0. The molecular weight excluding hydrogens is 250 g/mol. The molecule has 3 nitrogen and oxygen atoms in total. The normalized spacial score (nSPS) is 11.0. The SMILES string of the molecule is COc1ccc(C(C)(C)Nc2ccccc2)cc1OC. The molecule has 0 bridgehead atoms. The molecule has 3 heteroatoms. The molecule has 0 fully saturated rings. The Morgan fingerprint density at radius 3 is 2.10 bits per heavy atom. The van der Waals surface area contributed by atoms with Gasteiger partial charge < -0.3 is 14.8 Å². The molecule has 0 saturated heterocycles. The van der Waals surface area contributed by atoms with E-state index < -0.39 is 0 Å². The van der Waals surface area contributed by atoms with Gasteiger partial charge in [0.1, 0.15) is 0 Å². The fourth-order valence-electron chi connectivity index (χ4n) is 2.18. The minimum atomic E-state index is -0.207. The Morgan fingerprint density at radius 2 is 1.50 bits per heavy atom. The minimum absolute atomic E-state index is 0.207. The van der Waals surface area contributed by atoms with Gasteiger partial charge in [-0.3, -0.25) is 0 Å². The van der Waals surface area contributed by atoms with Crippen LogP contribution < -0.4 is 14.8 Å². The number of anilines is 1. The van der Waals surface area contributed by atoms with Gasteiger partial charge in [-0.15, -0.1) is 0 Å². The lowest BCUT2D eigenvalue weighted by atomic mass is 9.93. The smallest absolute Gasteiger partial charge is 0.161 e. The molecule has 0 spiro atoms. The average molecular weight is 271 g/mol. The lowest BCUT2D eigenvalue weighted by molar-refractivity contribution is 0.353. The lowest BCUT2D eigenvalue weighted by Crippen LogP contribution is -2.27. The molecule has 2 aromatic carbocycles. The Bertz CT molecular complexity index is 564. The zero-order chi connectivity index (χ0) is 14.6. The number of nitrogens with one attached hydrogen (secondary N) is 1. The summed E-state index contributed by atoms with van der Waals surface area (Å²) in [7, 11) is 3.30. The first-order chi connectivity index (χ1) is 9.56. The van der Waals surface area contributed by atoms with Crippen molar-refractivity contribution >= 4 is 5.69 Å². The first-order valence-corrected chi connectivity index (χ1v) is 6.62. The van der Waals surface area contributed by atoms with E-state index in [0.717, 1.165) is 22.7 Å². The molecule has 1 N–H and O–H groups in total. The van der Waals surface area contributed by atoms with Gasteiger partial charge in [0.2, 0.25) is 0 Å². The van der Waals surface area contributed by atoms with Crippen LogP contribution in [0, 0.1) is 0 Å².